The van der Waals surface area contributed by atoms with Crippen LogP contribution in [0.15, 0.2) is 12.2 Å². The van der Waals surface area contributed by atoms with Crippen LogP contribution in [0.25, 0.3) is 0 Å². The second-order valence-electron chi connectivity index (χ2n) is 6.01. The molecule has 0 aromatic rings. The Morgan fingerprint density at radius 2 is 1.23 bits per heavy atom. The molecule has 0 heterocycles. The number of carbonyl (C=O) groups is 1. The normalized spacial score (nSPS) is 10.6. The molecule has 0 aliphatic rings. The SMILES string of the molecule is CCCCCCCC/C=C\CCCCCCCC(=O)NC.Cl. The highest BCUT2D eigenvalue weighted by atomic mass is 35.5. The van der Waals surface area contributed by atoms with Gasteiger partial charge in [-0.25, -0.2) is 0 Å². The van der Waals surface area contributed by atoms with Crippen LogP contribution in [0, 0.1) is 0 Å². The maximum absolute atomic E-state index is 11.0. The number of rotatable bonds is 15. The summed E-state index contributed by atoms with van der Waals surface area (Å²) in [4.78, 5) is 11.0. The molecule has 0 saturated carbocycles. The van der Waals surface area contributed by atoms with E-state index in [2.05, 4.69) is 24.4 Å². The van der Waals surface area contributed by atoms with E-state index in [1.807, 2.05) is 0 Å². The first-order valence-corrected chi connectivity index (χ1v) is 9.16. The Labute approximate surface area is 144 Å². The number of carbonyl (C=O) groups excluding carboxylic acids is 1. The highest BCUT2D eigenvalue weighted by Gasteiger charge is 1.96. The lowest BCUT2D eigenvalue weighted by Crippen LogP contribution is -2.16. The van der Waals surface area contributed by atoms with Gasteiger partial charge in [0.2, 0.25) is 5.91 Å². The molecule has 0 aromatic heterocycles. The van der Waals surface area contributed by atoms with E-state index >= 15 is 0 Å². The topological polar surface area (TPSA) is 29.1 Å². The van der Waals surface area contributed by atoms with Crippen molar-refractivity contribution in [3.05, 3.63) is 12.2 Å². The average Bonchev–Trinajstić information content (AvgIpc) is 2.50. The first-order valence-electron chi connectivity index (χ1n) is 9.16. The first kappa shape index (κ1) is 23.8. The number of hydrogen-bond acceptors (Lipinski definition) is 1. The van der Waals surface area contributed by atoms with Gasteiger partial charge in [-0.1, -0.05) is 70.4 Å². The van der Waals surface area contributed by atoms with Crippen LogP contribution in [0.5, 0.6) is 0 Å². The van der Waals surface area contributed by atoms with Crippen molar-refractivity contribution in [3.63, 3.8) is 0 Å². The highest BCUT2D eigenvalue weighted by molar-refractivity contribution is 5.85. The number of nitrogens with one attached hydrogen (secondary N) is 1. The van der Waals surface area contributed by atoms with Crippen molar-refractivity contribution in [3.8, 4) is 0 Å². The zero-order chi connectivity index (χ0) is 15.6. The lowest BCUT2D eigenvalue weighted by molar-refractivity contribution is -0.120. The van der Waals surface area contributed by atoms with Crippen molar-refractivity contribution in [2.24, 2.45) is 0 Å². The summed E-state index contributed by atoms with van der Waals surface area (Å²) in [6.07, 6.45) is 22.3. The van der Waals surface area contributed by atoms with Crippen molar-refractivity contribution in [1.29, 1.82) is 0 Å². The molecule has 0 aromatic carbocycles. The molecule has 0 bridgehead atoms. The van der Waals surface area contributed by atoms with Crippen LogP contribution in [0.1, 0.15) is 96.8 Å². The summed E-state index contributed by atoms with van der Waals surface area (Å²) in [6.45, 7) is 2.27. The fraction of sp³-hybridized carbons (Fsp3) is 0.842. The Hall–Kier alpha value is -0.500. The van der Waals surface area contributed by atoms with Crippen LogP contribution < -0.4 is 5.32 Å². The van der Waals surface area contributed by atoms with E-state index < -0.39 is 0 Å². The molecule has 0 aliphatic heterocycles. The van der Waals surface area contributed by atoms with E-state index in [9.17, 15) is 4.79 Å². The maximum atomic E-state index is 11.0. The molecule has 0 spiro atoms. The third kappa shape index (κ3) is 19.5. The third-order valence-electron chi connectivity index (χ3n) is 3.94. The summed E-state index contributed by atoms with van der Waals surface area (Å²) in [7, 11) is 1.71. The zero-order valence-corrected chi connectivity index (χ0v) is 15.7. The van der Waals surface area contributed by atoms with Gasteiger partial charge in [-0.15, -0.1) is 12.4 Å². The van der Waals surface area contributed by atoms with Crippen LogP contribution in [-0.2, 0) is 4.79 Å². The van der Waals surface area contributed by atoms with E-state index in [-0.39, 0.29) is 18.3 Å². The average molecular weight is 332 g/mol. The van der Waals surface area contributed by atoms with Gasteiger partial charge in [-0.05, 0) is 32.1 Å². The van der Waals surface area contributed by atoms with E-state index in [1.165, 1.54) is 77.0 Å². The number of allylic oxidation sites excluding steroid dienone is 2. The molecule has 0 atom stereocenters. The molecule has 0 aliphatic carbocycles. The summed E-state index contributed by atoms with van der Waals surface area (Å²) >= 11 is 0. The summed E-state index contributed by atoms with van der Waals surface area (Å²) in [5, 5.41) is 2.67. The molecule has 22 heavy (non-hydrogen) atoms. The van der Waals surface area contributed by atoms with Crippen LogP contribution in [0.3, 0.4) is 0 Å². The van der Waals surface area contributed by atoms with Crippen LogP contribution in [-0.4, -0.2) is 13.0 Å². The van der Waals surface area contributed by atoms with Gasteiger partial charge in [0.25, 0.3) is 0 Å². The van der Waals surface area contributed by atoms with E-state index in [1.54, 1.807) is 7.05 Å². The lowest BCUT2D eigenvalue weighted by Gasteiger charge is -2.00. The van der Waals surface area contributed by atoms with Crippen LogP contribution in [0.4, 0.5) is 0 Å². The Bertz CT molecular complexity index is 254. The second kappa shape index (κ2) is 20.5. The summed E-state index contributed by atoms with van der Waals surface area (Å²) in [5.41, 5.74) is 0. The molecule has 0 unspecified atom stereocenters. The van der Waals surface area contributed by atoms with Crippen molar-refractivity contribution >= 4 is 18.3 Å². The summed E-state index contributed by atoms with van der Waals surface area (Å²) in [6, 6.07) is 0. The minimum Gasteiger partial charge on any atom is -0.359 e. The third-order valence-corrected chi connectivity index (χ3v) is 3.94. The Morgan fingerprint density at radius 3 is 1.73 bits per heavy atom. The molecule has 0 rings (SSSR count). The number of unbranched alkanes of at least 4 members (excludes halogenated alkanes) is 11. The monoisotopic (exact) mass is 331 g/mol. The molecule has 1 amide bonds. The van der Waals surface area contributed by atoms with Gasteiger partial charge in [-0.3, -0.25) is 4.79 Å². The number of amides is 1. The van der Waals surface area contributed by atoms with Gasteiger partial charge in [-0.2, -0.15) is 0 Å². The number of hydrogen-bond donors (Lipinski definition) is 1. The smallest absolute Gasteiger partial charge is 0.219 e. The van der Waals surface area contributed by atoms with E-state index in [0.717, 1.165) is 6.42 Å². The minimum absolute atomic E-state index is 0. The van der Waals surface area contributed by atoms with Crippen molar-refractivity contribution < 1.29 is 4.79 Å². The Kier molecular flexibility index (Phi) is 22.1. The Morgan fingerprint density at radius 1 is 0.773 bits per heavy atom. The van der Waals surface area contributed by atoms with Gasteiger partial charge in [0.15, 0.2) is 0 Å². The summed E-state index contributed by atoms with van der Waals surface area (Å²) in [5.74, 6) is 0.174. The molecular formula is C19H38ClNO. The highest BCUT2D eigenvalue weighted by Crippen LogP contribution is 2.09. The quantitative estimate of drug-likeness (QED) is 0.281. The van der Waals surface area contributed by atoms with Crippen molar-refractivity contribution in [2.75, 3.05) is 7.05 Å². The van der Waals surface area contributed by atoms with Gasteiger partial charge < -0.3 is 5.32 Å². The van der Waals surface area contributed by atoms with Crippen LogP contribution >= 0.6 is 12.4 Å². The molecule has 3 heteroatoms. The molecule has 2 nitrogen and oxygen atoms in total. The lowest BCUT2D eigenvalue weighted by atomic mass is 10.1. The van der Waals surface area contributed by atoms with Crippen molar-refractivity contribution in [2.45, 2.75) is 96.8 Å². The number of halogens is 1. The maximum Gasteiger partial charge on any atom is 0.219 e. The predicted octanol–water partition coefficient (Wildman–Crippen LogP) is 6.19. The second-order valence-corrected chi connectivity index (χ2v) is 6.01. The molecule has 0 fully saturated rings. The van der Waals surface area contributed by atoms with Gasteiger partial charge in [0.05, 0.1) is 0 Å². The zero-order valence-electron chi connectivity index (χ0n) is 14.9. The minimum atomic E-state index is 0. The summed E-state index contributed by atoms with van der Waals surface area (Å²) < 4.78 is 0. The fourth-order valence-electron chi connectivity index (χ4n) is 2.48. The van der Waals surface area contributed by atoms with Gasteiger partial charge >= 0.3 is 0 Å². The molecule has 0 radical (unpaired) electrons. The van der Waals surface area contributed by atoms with E-state index in [0.29, 0.717) is 6.42 Å². The fourth-order valence-corrected chi connectivity index (χ4v) is 2.48. The van der Waals surface area contributed by atoms with Gasteiger partial charge in [0, 0.05) is 13.5 Å². The largest absolute Gasteiger partial charge is 0.359 e. The predicted molar refractivity (Wildman–Crippen MR) is 101 cm³/mol. The molecule has 132 valence electrons. The standard InChI is InChI=1S/C19H37NO.ClH/c1-3-4-5-6-7-8-9-10-11-12-13-14-15-16-17-18-19(21)20-2;/h10-11H,3-9,12-18H2,1-2H3,(H,20,21);1H/b11-10-;. The van der Waals surface area contributed by atoms with E-state index in [4.69, 9.17) is 0 Å². The first-order chi connectivity index (χ1) is 10.3. The molecule has 0 saturated heterocycles. The molecule has 1 N–H and O–H groups in total. The van der Waals surface area contributed by atoms with Gasteiger partial charge in [0.1, 0.15) is 0 Å². The molecular weight excluding hydrogens is 294 g/mol. The Balaban J connectivity index is 0. The van der Waals surface area contributed by atoms with Crippen LogP contribution in [0.2, 0.25) is 0 Å². The van der Waals surface area contributed by atoms with Crippen molar-refractivity contribution in [1.82, 2.24) is 5.32 Å².